The third-order valence-electron chi connectivity index (χ3n) is 3.39. The van der Waals surface area contributed by atoms with Crippen LogP contribution in [0, 0.1) is 0 Å². The summed E-state index contributed by atoms with van der Waals surface area (Å²) in [5.41, 5.74) is 1.62. The maximum Gasteiger partial charge on any atom is 0.231 e. The van der Waals surface area contributed by atoms with E-state index in [1.54, 1.807) is 34.0 Å². The molecular formula is C15H16ClN3O2. The molecule has 5 nitrogen and oxygen atoms in total. The van der Waals surface area contributed by atoms with E-state index in [1.165, 1.54) is 0 Å². The van der Waals surface area contributed by atoms with Crippen molar-refractivity contribution in [2.45, 2.75) is 19.4 Å². The lowest BCUT2D eigenvalue weighted by Gasteiger charge is -2.33. The van der Waals surface area contributed by atoms with Gasteiger partial charge in [-0.3, -0.25) is 9.48 Å². The smallest absolute Gasteiger partial charge is 0.231 e. The first-order valence-corrected chi connectivity index (χ1v) is 7.15. The summed E-state index contributed by atoms with van der Waals surface area (Å²) in [7, 11) is 1.83. The van der Waals surface area contributed by atoms with Crippen molar-refractivity contribution in [1.82, 2.24) is 9.78 Å². The number of rotatable bonds is 2. The summed E-state index contributed by atoms with van der Waals surface area (Å²) in [5.74, 6) is 0.708. The number of hydrogen-bond acceptors (Lipinski definition) is 3. The molecule has 110 valence electrons. The van der Waals surface area contributed by atoms with Gasteiger partial charge in [0.25, 0.3) is 0 Å². The number of ether oxygens (including phenoxy) is 1. The fraction of sp³-hybridized carbons (Fsp3) is 0.333. The zero-order valence-corrected chi connectivity index (χ0v) is 12.7. The molecule has 0 N–H and O–H groups in total. The molecule has 0 saturated carbocycles. The molecule has 0 bridgehead atoms. The Labute approximate surface area is 128 Å². The highest BCUT2D eigenvalue weighted by atomic mass is 35.5. The molecule has 0 saturated heterocycles. The van der Waals surface area contributed by atoms with E-state index < -0.39 is 0 Å². The fourth-order valence-corrected chi connectivity index (χ4v) is 2.65. The Morgan fingerprint density at radius 1 is 1.52 bits per heavy atom. The van der Waals surface area contributed by atoms with Crippen LogP contribution in [0.15, 0.2) is 30.6 Å². The van der Waals surface area contributed by atoms with Gasteiger partial charge in [0, 0.05) is 18.3 Å². The minimum atomic E-state index is -0.0449. The van der Waals surface area contributed by atoms with Gasteiger partial charge < -0.3 is 9.64 Å². The predicted octanol–water partition coefficient (Wildman–Crippen LogP) is 2.43. The molecule has 1 atom stereocenters. The lowest BCUT2D eigenvalue weighted by Crippen LogP contribution is -2.43. The maximum atomic E-state index is 12.6. The van der Waals surface area contributed by atoms with Crippen molar-refractivity contribution in [2.24, 2.45) is 7.05 Å². The van der Waals surface area contributed by atoms with E-state index in [9.17, 15) is 4.79 Å². The second-order valence-corrected chi connectivity index (χ2v) is 5.68. The quantitative estimate of drug-likeness (QED) is 0.856. The third-order valence-corrected chi connectivity index (χ3v) is 3.63. The molecule has 2 heterocycles. The van der Waals surface area contributed by atoms with Crippen molar-refractivity contribution in [2.75, 3.05) is 11.4 Å². The number of hydrogen-bond donors (Lipinski definition) is 0. The molecule has 1 aliphatic heterocycles. The Bertz CT molecular complexity index is 683. The lowest BCUT2D eigenvalue weighted by molar-refractivity contribution is -0.118. The van der Waals surface area contributed by atoms with Gasteiger partial charge >= 0.3 is 0 Å². The van der Waals surface area contributed by atoms with E-state index in [2.05, 4.69) is 5.10 Å². The molecule has 0 spiro atoms. The number of carbonyl (C=O) groups is 1. The highest BCUT2D eigenvalue weighted by molar-refractivity contribution is 6.31. The molecule has 1 aliphatic rings. The Kier molecular flexibility index (Phi) is 3.59. The number of carbonyl (C=O) groups excluding carboxylic acids is 1. The molecule has 2 aromatic rings. The van der Waals surface area contributed by atoms with Gasteiger partial charge in [-0.2, -0.15) is 5.10 Å². The Hall–Kier alpha value is -2.01. The average molecular weight is 306 g/mol. The molecule has 6 heteroatoms. The van der Waals surface area contributed by atoms with Crippen LogP contribution in [0.5, 0.6) is 5.75 Å². The number of fused-ring (bicyclic) bond motifs is 1. The predicted molar refractivity (Wildman–Crippen MR) is 80.8 cm³/mol. The molecule has 3 rings (SSSR count). The van der Waals surface area contributed by atoms with Crippen molar-refractivity contribution in [3.63, 3.8) is 0 Å². The zero-order chi connectivity index (χ0) is 15.0. The number of aryl methyl sites for hydroxylation is 1. The average Bonchev–Trinajstić information content (AvgIpc) is 2.83. The number of anilines is 1. The first-order chi connectivity index (χ1) is 10.0. The molecule has 0 unspecified atom stereocenters. The van der Waals surface area contributed by atoms with E-state index in [0.717, 1.165) is 11.3 Å². The molecule has 1 aromatic heterocycles. The van der Waals surface area contributed by atoms with Crippen molar-refractivity contribution in [3.05, 3.63) is 41.2 Å². The topological polar surface area (TPSA) is 47.4 Å². The van der Waals surface area contributed by atoms with Crippen LogP contribution in [-0.2, 0) is 18.3 Å². The lowest BCUT2D eigenvalue weighted by atomic mass is 10.1. The third kappa shape index (κ3) is 2.88. The Morgan fingerprint density at radius 2 is 2.33 bits per heavy atom. The minimum Gasteiger partial charge on any atom is -0.487 e. The monoisotopic (exact) mass is 305 g/mol. The number of benzene rings is 1. The molecule has 0 aliphatic carbocycles. The standard InChI is InChI=1S/C15H16ClN3O2/c1-10-8-19(13-6-12(16)3-4-14(13)21-10)15(20)5-11-7-17-18(2)9-11/h3-4,6-7,9-10H,5,8H2,1-2H3/t10-/m0/s1. The largest absolute Gasteiger partial charge is 0.487 e. The molecule has 0 radical (unpaired) electrons. The SMILES string of the molecule is C[C@H]1CN(C(=O)Cc2cnn(C)c2)c2cc(Cl)ccc2O1. The summed E-state index contributed by atoms with van der Waals surface area (Å²) in [6, 6.07) is 5.34. The summed E-state index contributed by atoms with van der Waals surface area (Å²) in [4.78, 5) is 14.3. The van der Waals surface area contributed by atoms with Crippen LogP contribution >= 0.6 is 11.6 Å². The molecule has 1 aromatic carbocycles. The van der Waals surface area contributed by atoms with Crippen molar-refractivity contribution < 1.29 is 9.53 Å². The van der Waals surface area contributed by atoms with Gasteiger partial charge in [0.05, 0.1) is 24.8 Å². The van der Waals surface area contributed by atoms with E-state index in [1.807, 2.05) is 20.2 Å². The van der Waals surface area contributed by atoms with Crippen molar-refractivity contribution >= 4 is 23.2 Å². The van der Waals surface area contributed by atoms with Gasteiger partial charge in [-0.1, -0.05) is 11.6 Å². The van der Waals surface area contributed by atoms with Crippen LogP contribution in [-0.4, -0.2) is 28.3 Å². The van der Waals surface area contributed by atoms with Crippen LogP contribution < -0.4 is 9.64 Å². The van der Waals surface area contributed by atoms with Gasteiger partial charge in [-0.25, -0.2) is 0 Å². The second kappa shape index (κ2) is 5.41. The van der Waals surface area contributed by atoms with Crippen LogP contribution in [0.4, 0.5) is 5.69 Å². The highest BCUT2D eigenvalue weighted by Crippen LogP contribution is 2.35. The van der Waals surface area contributed by atoms with Gasteiger partial charge in [0.1, 0.15) is 11.9 Å². The first kappa shape index (κ1) is 13.9. The van der Waals surface area contributed by atoms with Gasteiger partial charge in [0.2, 0.25) is 5.91 Å². The highest BCUT2D eigenvalue weighted by Gasteiger charge is 2.27. The summed E-state index contributed by atoms with van der Waals surface area (Å²) in [6.07, 6.45) is 3.82. The van der Waals surface area contributed by atoms with Crippen molar-refractivity contribution in [1.29, 1.82) is 0 Å². The maximum absolute atomic E-state index is 12.6. The van der Waals surface area contributed by atoms with Crippen LogP contribution in [0.1, 0.15) is 12.5 Å². The number of amides is 1. The summed E-state index contributed by atoms with van der Waals surface area (Å²) in [5, 5.41) is 4.68. The normalized spacial score (nSPS) is 17.3. The molecule has 21 heavy (non-hydrogen) atoms. The van der Waals surface area contributed by atoms with Gasteiger partial charge in [0.15, 0.2) is 0 Å². The number of nitrogens with zero attached hydrogens (tertiary/aromatic N) is 3. The number of halogens is 1. The van der Waals surface area contributed by atoms with Gasteiger partial charge in [-0.15, -0.1) is 0 Å². The number of aromatic nitrogens is 2. The molecular weight excluding hydrogens is 290 g/mol. The summed E-state index contributed by atoms with van der Waals surface area (Å²) < 4.78 is 7.44. The van der Waals surface area contributed by atoms with Crippen LogP contribution in [0.2, 0.25) is 5.02 Å². The van der Waals surface area contributed by atoms with Crippen LogP contribution in [0.3, 0.4) is 0 Å². The molecule has 0 fully saturated rings. The van der Waals surface area contributed by atoms with Gasteiger partial charge in [-0.05, 0) is 30.7 Å². The zero-order valence-electron chi connectivity index (χ0n) is 11.9. The summed E-state index contributed by atoms with van der Waals surface area (Å²) >= 11 is 6.04. The van der Waals surface area contributed by atoms with Crippen molar-refractivity contribution in [3.8, 4) is 5.75 Å². The Morgan fingerprint density at radius 3 is 3.05 bits per heavy atom. The van der Waals surface area contributed by atoms with Crippen LogP contribution in [0.25, 0.3) is 0 Å². The first-order valence-electron chi connectivity index (χ1n) is 6.77. The minimum absolute atomic E-state index is 0.0154. The Balaban J connectivity index is 1.88. The van der Waals surface area contributed by atoms with E-state index in [4.69, 9.17) is 16.3 Å². The second-order valence-electron chi connectivity index (χ2n) is 5.24. The fourth-order valence-electron chi connectivity index (χ4n) is 2.48. The van der Waals surface area contributed by atoms with E-state index in [-0.39, 0.29) is 12.0 Å². The summed E-state index contributed by atoms with van der Waals surface area (Å²) in [6.45, 7) is 2.47. The van der Waals surface area contributed by atoms with E-state index >= 15 is 0 Å². The van der Waals surface area contributed by atoms with E-state index in [0.29, 0.717) is 23.7 Å². The molecule has 1 amide bonds.